The summed E-state index contributed by atoms with van der Waals surface area (Å²) in [6.07, 6.45) is 3.46. The summed E-state index contributed by atoms with van der Waals surface area (Å²) >= 11 is 0. The number of nitrogens with one attached hydrogen (secondary N) is 1. The van der Waals surface area contributed by atoms with Crippen LogP contribution in [0.3, 0.4) is 0 Å². The zero-order valence-electron chi connectivity index (χ0n) is 18.7. The second-order valence-electron chi connectivity index (χ2n) is 7.91. The van der Waals surface area contributed by atoms with E-state index in [0.29, 0.717) is 38.3 Å². The van der Waals surface area contributed by atoms with Gasteiger partial charge in [-0.2, -0.15) is 4.31 Å². The number of rotatable bonds is 10. The van der Waals surface area contributed by atoms with Crippen molar-refractivity contribution >= 4 is 15.9 Å². The van der Waals surface area contributed by atoms with Crippen LogP contribution < -0.4 is 14.8 Å². The maximum atomic E-state index is 13.0. The predicted octanol–water partition coefficient (Wildman–Crippen LogP) is 3.24. The molecule has 174 valence electrons. The Labute approximate surface area is 190 Å². The molecule has 0 spiro atoms. The lowest BCUT2D eigenvalue weighted by Gasteiger charge is -2.31. The first-order valence-electron chi connectivity index (χ1n) is 11.1. The van der Waals surface area contributed by atoms with Gasteiger partial charge in [-0.25, -0.2) is 8.42 Å². The number of nitrogens with zero attached hydrogens (tertiary/aromatic N) is 1. The lowest BCUT2D eigenvalue weighted by atomic mass is 9.99. The number of benzene rings is 2. The molecular weight excluding hydrogens is 428 g/mol. The average Bonchev–Trinajstić information content (AvgIpc) is 2.83. The van der Waals surface area contributed by atoms with Gasteiger partial charge in [-0.1, -0.05) is 25.5 Å². The molecule has 1 amide bonds. The van der Waals surface area contributed by atoms with Gasteiger partial charge in [0.25, 0.3) is 0 Å². The summed E-state index contributed by atoms with van der Waals surface area (Å²) in [4.78, 5) is 12.8. The largest absolute Gasteiger partial charge is 0.497 e. The molecule has 2 aromatic carbocycles. The van der Waals surface area contributed by atoms with Crippen molar-refractivity contribution in [3.8, 4) is 11.5 Å². The van der Waals surface area contributed by atoms with Crippen LogP contribution in [0.4, 0.5) is 0 Å². The molecule has 1 fully saturated rings. The summed E-state index contributed by atoms with van der Waals surface area (Å²) in [5.74, 6) is 0.860. The number of carbonyl (C=O) groups excluding carboxylic acids is 1. The normalized spacial score (nSPS) is 17.0. The lowest BCUT2D eigenvalue weighted by Crippen LogP contribution is -2.45. The van der Waals surface area contributed by atoms with E-state index in [-0.39, 0.29) is 23.3 Å². The van der Waals surface area contributed by atoms with E-state index in [1.807, 2.05) is 12.1 Å². The van der Waals surface area contributed by atoms with Gasteiger partial charge < -0.3 is 14.8 Å². The Hall–Kier alpha value is -2.58. The van der Waals surface area contributed by atoms with Gasteiger partial charge >= 0.3 is 0 Å². The molecule has 3 rings (SSSR count). The third-order valence-electron chi connectivity index (χ3n) is 5.58. The Morgan fingerprint density at radius 1 is 1.09 bits per heavy atom. The topological polar surface area (TPSA) is 84.9 Å². The monoisotopic (exact) mass is 460 g/mol. The Balaban J connectivity index is 1.48. The molecule has 1 saturated heterocycles. The number of hydrogen-bond donors (Lipinski definition) is 1. The minimum atomic E-state index is -3.65. The number of sulfonamides is 1. The molecule has 1 atom stereocenters. The number of methoxy groups -OCH3 is 1. The summed E-state index contributed by atoms with van der Waals surface area (Å²) in [6.45, 7) is 3.47. The van der Waals surface area contributed by atoms with Gasteiger partial charge in [0.05, 0.1) is 24.5 Å². The molecule has 32 heavy (non-hydrogen) atoms. The standard InChI is InChI=1S/C24H32N2O5S/c1-3-5-19-7-9-22(10-8-19)31-17-15-25-24(27)20-6-4-16-26(18-20)32(28,29)23-13-11-21(30-2)12-14-23/h7-14,20H,3-6,15-18H2,1-2H3,(H,25,27)/t20-/m0/s1. The van der Waals surface area contributed by atoms with Gasteiger partial charge in [0, 0.05) is 13.1 Å². The fraction of sp³-hybridized carbons (Fsp3) is 0.458. The third kappa shape index (κ3) is 6.23. The molecular formula is C24H32N2O5S. The van der Waals surface area contributed by atoms with Crippen molar-refractivity contribution < 1.29 is 22.7 Å². The van der Waals surface area contributed by atoms with E-state index in [1.54, 1.807) is 12.1 Å². The zero-order chi connectivity index (χ0) is 23.0. The molecule has 1 aliphatic rings. The average molecular weight is 461 g/mol. The van der Waals surface area contributed by atoms with Gasteiger partial charge in [-0.3, -0.25) is 4.79 Å². The molecule has 1 N–H and O–H groups in total. The Morgan fingerprint density at radius 3 is 2.44 bits per heavy atom. The second kappa shape index (κ2) is 11.3. The maximum absolute atomic E-state index is 13.0. The third-order valence-corrected chi connectivity index (χ3v) is 7.46. The highest BCUT2D eigenvalue weighted by Crippen LogP contribution is 2.25. The van der Waals surface area contributed by atoms with E-state index in [1.165, 1.54) is 29.1 Å². The summed E-state index contributed by atoms with van der Waals surface area (Å²) < 4.78 is 38.1. The summed E-state index contributed by atoms with van der Waals surface area (Å²) in [5, 5.41) is 2.88. The predicted molar refractivity (Wildman–Crippen MR) is 123 cm³/mol. The first kappa shape index (κ1) is 24.1. The number of amides is 1. The molecule has 0 radical (unpaired) electrons. The maximum Gasteiger partial charge on any atom is 0.243 e. The van der Waals surface area contributed by atoms with Gasteiger partial charge in [-0.05, 0) is 61.2 Å². The van der Waals surface area contributed by atoms with E-state index in [2.05, 4.69) is 24.4 Å². The van der Waals surface area contributed by atoms with Crippen LogP contribution in [-0.4, -0.2) is 52.0 Å². The van der Waals surface area contributed by atoms with E-state index in [4.69, 9.17) is 9.47 Å². The van der Waals surface area contributed by atoms with Crippen LogP contribution in [0.15, 0.2) is 53.4 Å². The first-order chi connectivity index (χ1) is 15.4. The highest BCUT2D eigenvalue weighted by Gasteiger charge is 2.33. The number of aryl methyl sites for hydroxylation is 1. The molecule has 8 heteroatoms. The molecule has 0 saturated carbocycles. The molecule has 0 bridgehead atoms. The molecule has 0 aliphatic carbocycles. The van der Waals surface area contributed by atoms with Crippen molar-refractivity contribution in [3.63, 3.8) is 0 Å². The minimum absolute atomic E-state index is 0.137. The Bertz CT molecular complexity index is 974. The molecule has 1 heterocycles. The number of hydrogen-bond acceptors (Lipinski definition) is 5. The van der Waals surface area contributed by atoms with E-state index in [9.17, 15) is 13.2 Å². The highest BCUT2D eigenvalue weighted by atomic mass is 32.2. The van der Waals surface area contributed by atoms with Crippen LogP contribution in [0.2, 0.25) is 0 Å². The van der Waals surface area contributed by atoms with Gasteiger partial charge in [0.1, 0.15) is 18.1 Å². The molecule has 2 aromatic rings. The molecule has 0 aromatic heterocycles. The van der Waals surface area contributed by atoms with Crippen molar-refractivity contribution in [2.75, 3.05) is 33.4 Å². The number of piperidine rings is 1. The van der Waals surface area contributed by atoms with Gasteiger partial charge in [-0.15, -0.1) is 0 Å². The van der Waals surface area contributed by atoms with Crippen LogP contribution in [0.5, 0.6) is 11.5 Å². The molecule has 7 nitrogen and oxygen atoms in total. The Morgan fingerprint density at radius 2 is 1.78 bits per heavy atom. The summed E-state index contributed by atoms with van der Waals surface area (Å²) in [5.41, 5.74) is 1.28. The van der Waals surface area contributed by atoms with Crippen LogP contribution in [0, 0.1) is 5.92 Å². The summed E-state index contributed by atoms with van der Waals surface area (Å²) in [6, 6.07) is 14.3. The van der Waals surface area contributed by atoms with Crippen molar-refractivity contribution in [2.45, 2.75) is 37.5 Å². The smallest absolute Gasteiger partial charge is 0.243 e. The summed E-state index contributed by atoms with van der Waals surface area (Å²) in [7, 11) is -2.12. The van der Waals surface area contributed by atoms with Crippen LogP contribution in [-0.2, 0) is 21.2 Å². The number of ether oxygens (including phenoxy) is 2. The second-order valence-corrected chi connectivity index (χ2v) is 9.85. The quantitative estimate of drug-likeness (QED) is 0.550. The fourth-order valence-electron chi connectivity index (χ4n) is 3.80. The fourth-order valence-corrected chi connectivity index (χ4v) is 5.32. The van der Waals surface area contributed by atoms with Crippen molar-refractivity contribution in [3.05, 3.63) is 54.1 Å². The van der Waals surface area contributed by atoms with Gasteiger partial charge in [0.2, 0.25) is 15.9 Å². The number of carbonyl (C=O) groups is 1. The van der Waals surface area contributed by atoms with E-state index in [0.717, 1.165) is 18.6 Å². The zero-order valence-corrected chi connectivity index (χ0v) is 19.6. The molecule has 0 unspecified atom stereocenters. The Kier molecular flexibility index (Phi) is 8.53. The van der Waals surface area contributed by atoms with Crippen LogP contribution in [0.25, 0.3) is 0 Å². The lowest BCUT2D eigenvalue weighted by molar-refractivity contribution is -0.126. The highest BCUT2D eigenvalue weighted by molar-refractivity contribution is 7.89. The molecule has 1 aliphatic heterocycles. The van der Waals surface area contributed by atoms with Crippen molar-refractivity contribution in [1.29, 1.82) is 0 Å². The SMILES string of the molecule is CCCc1ccc(OCCNC(=O)[C@H]2CCCN(S(=O)(=O)c3ccc(OC)cc3)C2)cc1. The van der Waals surface area contributed by atoms with Crippen molar-refractivity contribution in [1.82, 2.24) is 9.62 Å². The first-order valence-corrected chi connectivity index (χ1v) is 12.5. The van der Waals surface area contributed by atoms with Gasteiger partial charge in [0.15, 0.2) is 0 Å². The van der Waals surface area contributed by atoms with Crippen molar-refractivity contribution in [2.24, 2.45) is 5.92 Å². The van der Waals surface area contributed by atoms with Crippen LogP contribution >= 0.6 is 0 Å². The van der Waals surface area contributed by atoms with Crippen LogP contribution in [0.1, 0.15) is 31.7 Å². The minimum Gasteiger partial charge on any atom is -0.497 e. The van der Waals surface area contributed by atoms with E-state index >= 15 is 0 Å². The van der Waals surface area contributed by atoms with E-state index < -0.39 is 10.0 Å².